The molecule has 2 atom stereocenters. The van der Waals surface area contributed by atoms with Crippen LogP contribution in [-0.4, -0.2) is 46.8 Å². The lowest BCUT2D eigenvalue weighted by molar-refractivity contribution is -0.138. The number of halogens is 4. The summed E-state index contributed by atoms with van der Waals surface area (Å²) in [5, 5.41) is 5.07. The quantitative estimate of drug-likeness (QED) is 0.352. The minimum Gasteiger partial charge on any atom is -0.326 e. The minimum absolute atomic E-state index is 0.00427. The van der Waals surface area contributed by atoms with Crippen molar-refractivity contribution in [1.29, 1.82) is 0 Å². The Balaban J connectivity index is 1.77. The van der Waals surface area contributed by atoms with Crippen molar-refractivity contribution < 1.29 is 31.9 Å². The molecule has 0 spiro atoms. The second-order valence-electron chi connectivity index (χ2n) is 9.77. The molecule has 2 heterocycles. The van der Waals surface area contributed by atoms with Gasteiger partial charge in [-0.15, -0.1) is 6.58 Å². The smallest absolute Gasteiger partial charge is 0.326 e. The number of carbonyl (C=O) groups is 3. The number of nitrogens with zero attached hydrogens (tertiary/aromatic N) is 2. The van der Waals surface area contributed by atoms with Crippen LogP contribution < -0.4 is 10.6 Å². The molecule has 0 saturated carbocycles. The Morgan fingerprint density at radius 3 is 2.46 bits per heavy atom. The van der Waals surface area contributed by atoms with Gasteiger partial charge in [0, 0.05) is 6.54 Å². The number of carbonyl (C=O) groups excluding carboxylic acids is 3. The van der Waals surface area contributed by atoms with E-state index in [1.54, 1.807) is 6.07 Å². The molecule has 2 N–H and O–H groups in total. The van der Waals surface area contributed by atoms with Crippen LogP contribution in [0.5, 0.6) is 0 Å². The lowest BCUT2D eigenvalue weighted by Crippen LogP contribution is -2.47. The molecule has 7 nitrogen and oxygen atoms in total. The van der Waals surface area contributed by atoms with Crippen molar-refractivity contribution in [1.82, 2.24) is 15.1 Å². The molecule has 0 fully saturated rings. The van der Waals surface area contributed by atoms with Crippen molar-refractivity contribution in [2.75, 3.05) is 18.4 Å². The second kappa shape index (κ2) is 10.9. The average Bonchev–Trinajstić information content (AvgIpc) is 3.21. The first-order valence-corrected chi connectivity index (χ1v) is 12.4. The summed E-state index contributed by atoms with van der Waals surface area (Å²) in [4.78, 5) is 42.8. The van der Waals surface area contributed by atoms with Gasteiger partial charge < -0.3 is 15.5 Å². The van der Waals surface area contributed by atoms with Crippen LogP contribution >= 0.6 is 0 Å². The normalized spacial score (nSPS) is 18.3. The van der Waals surface area contributed by atoms with Crippen molar-refractivity contribution in [2.24, 2.45) is 5.92 Å². The number of amides is 4. The number of benzene rings is 2. The topological polar surface area (TPSA) is 81.8 Å². The molecular weight excluding hydrogens is 516 g/mol. The summed E-state index contributed by atoms with van der Waals surface area (Å²) in [6.07, 6.45) is -3.11. The van der Waals surface area contributed by atoms with E-state index in [4.69, 9.17) is 0 Å². The molecular formula is C28H28F4N4O3. The second-order valence-corrected chi connectivity index (χ2v) is 9.77. The van der Waals surface area contributed by atoms with E-state index in [0.29, 0.717) is 0 Å². The molecule has 206 valence electrons. The van der Waals surface area contributed by atoms with Gasteiger partial charge in [0.05, 0.1) is 35.1 Å². The van der Waals surface area contributed by atoms with E-state index >= 15 is 0 Å². The molecule has 39 heavy (non-hydrogen) atoms. The summed E-state index contributed by atoms with van der Waals surface area (Å²) in [5.41, 5.74) is -1.20. The number of anilines is 1. The van der Waals surface area contributed by atoms with Gasteiger partial charge in [0.15, 0.2) is 0 Å². The van der Waals surface area contributed by atoms with Gasteiger partial charge in [0.1, 0.15) is 11.9 Å². The molecule has 0 saturated heterocycles. The molecule has 0 bridgehead atoms. The van der Waals surface area contributed by atoms with Crippen LogP contribution in [0.3, 0.4) is 0 Å². The summed E-state index contributed by atoms with van der Waals surface area (Å²) >= 11 is 0. The van der Waals surface area contributed by atoms with E-state index in [1.165, 1.54) is 52.3 Å². The third kappa shape index (κ3) is 5.52. The number of alkyl halides is 3. The SMILES string of the molecule is C=CCN1C(=O)NC(c2ccccc2C(F)(F)F)C2=C1CN(C(CC(C)C)C(=O)Nc1ccccc1F)C2=O. The maximum Gasteiger partial charge on any atom is 0.416 e. The van der Waals surface area contributed by atoms with Crippen molar-refractivity contribution >= 4 is 23.5 Å². The first kappa shape index (κ1) is 27.9. The van der Waals surface area contributed by atoms with Gasteiger partial charge in [-0.3, -0.25) is 14.5 Å². The predicted octanol–water partition coefficient (Wildman–Crippen LogP) is 5.25. The van der Waals surface area contributed by atoms with Crippen LogP contribution in [0.1, 0.15) is 37.4 Å². The number of para-hydroxylation sites is 1. The van der Waals surface area contributed by atoms with Gasteiger partial charge >= 0.3 is 12.2 Å². The zero-order valence-electron chi connectivity index (χ0n) is 21.4. The predicted molar refractivity (Wildman–Crippen MR) is 137 cm³/mol. The highest BCUT2D eigenvalue weighted by Crippen LogP contribution is 2.42. The van der Waals surface area contributed by atoms with Crippen LogP contribution in [0.2, 0.25) is 0 Å². The molecule has 2 aromatic carbocycles. The van der Waals surface area contributed by atoms with Crippen LogP contribution in [-0.2, 0) is 15.8 Å². The van der Waals surface area contributed by atoms with Crippen LogP contribution in [0.4, 0.5) is 28.0 Å². The Hall–Kier alpha value is -4.15. The molecule has 4 amide bonds. The highest BCUT2D eigenvalue weighted by atomic mass is 19.4. The monoisotopic (exact) mass is 544 g/mol. The van der Waals surface area contributed by atoms with E-state index in [-0.39, 0.29) is 47.9 Å². The zero-order chi connectivity index (χ0) is 28.5. The molecule has 2 aliphatic heterocycles. The lowest BCUT2D eigenvalue weighted by Gasteiger charge is -2.33. The molecule has 11 heteroatoms. The van der Waals surface area contributed by atoms with Crippen LogP contribution in [0.25, 0.3) is 0 Å². The summed E-state index contributed by atoms with van der Waals surface area (Å²) in [7, 11) is 0. The largest absolute Gasteiger partial charge is 0.416 e. The highest BCUT2D eigenvalue weighted by molar-refractivity contribution is 6.05. The van der Waals surface area contributed by atoms with Crippen molar-refractivity contribution in [3.63, 3.8) is 0 Å². The third-order valence-corrected chi connectivity index (χ3v) is 6.64. The lowest BCUT2D eigenvalue weighted by atomic mass is 9.91. The number of hydrogen-bond donors (Lipinski definition) is 2. The van der Waals surface area contributed by atoms with Gasteiger partial charge in [-0.25, -0.2) is 9.18 Å². The molecule has 2 aliphatic rings. The first-order chi connectivity index (χ1) is 18.4. The minimum atomic E-state index is -4.73. The Kier molecular flexibility index (Phi) is 7.80. The Bertz CT molecular complexity index is 1340. The summed E-state index contributed by atoms with van der Waals surface area (Å²) in [6.45, 7) is 7.12. The highest BCUT2D eigenvalue weighted by Gasteiger charge is 2.48. The summed E-state index contributed by atoms with van der Waals surface area (Å²) in [5.74, 6) is -2.06. The maximum atomic E-state index is 14.3. The third-order valence-electron chi connectivity index (χ3n) is 6.64. The van der Waals surface area contributed by atoms with Gasteiger partial charge in [-0.1, -0.05) is 50.3 Å². The van der Waals surface area contributed by atoms with E-state index < -0.39 is 47.5 Å². The fourth-order valence-corrected chi connectivity index (χ4v) is 4.93. The fraction of sp³-hybridized carbons (Fsp3) is 0.321. The van der Waals surface area contributed by atoms with E-state index in [1.807, 2.05) is 13.8 Å². The number of hydrogen-bond acceptors (Lipinski definition) is 3. The van der Waals surface area contributed by atoms with Crippen molar-refractivity contribution in [2.45, 2.75) is 38.5 Å². The van der Waals surface area contributed by atoms with Crippen molar-refractivity contribution in [3.05, 3.63) is 89.4 Å². The average molecular weight is 545 g/mol. The number of urea groups is 1. The summed E-state index contributed by atoms with van der Waals surface area (Å²) < 4.78 is 56.0. The fourth-order valence-electron chi connectivity index (χ4n) is 4.93. The summed E-state index contributed by atoms with van der Waals surface area (Å²) in [6, 6.07) is 7.14. The van der Waals surface area contributed by atoms with Crippen LogP contribution in [0, 0.1) is 11.7 Å². The first-order valence-electron chi connectivity index (χ1n) is 12.4. The van der Waals surface area contributed by atoms with Crippen LogP contribution in [0.15, 0.2) is 72.5 Å². The molecule has 0 aromatic heterocycles. The molecule has 0 radical (unpaired) electrons. The van der Waals surface area contributed by atoms with E-state index in [2.05, 4.69) is 17.2 Å². The maximum absolute atomic E-state index is 14.3. The molecule has 4 rings (SSSR count). The van der Waals surface area contributed by atoms with Gasteiger partial charge in [-0.05, 0) is 36.1 Å². The van der Waals surface area contributed by atoms with Gasteiger partial charge in [0.25, 0.3) is 5.91 Å². The zero-order valence-corrected chi connectivity index (χ0v) is 21.4. The Labute approximate surface area is 223 Å². The molecule has 2 aromatic rings. The van der Waals surface area contributed by atoms with E-state index in [9.17, 15) is 31.9 Å². The molecule has 2 unspecified atom stereocenters. The Morgan fingerprint density at radius 2 is 1.82 bits per heavy atom. The standard InChI is InChI=1S/C28H28F4N4O3/c1-4-13-35-22-15-36(21(14-16(2)3)25(37)33-20-12-8-7-11-19(20)29)26(38)23(22)24(34-27(35)39)17-9-5-6-10-18(17)28(30,31)32/h4-12,16,21,24H,1,13-15H2,2-3H3,(H,33,37)(H,34,39). The number of nitrogens with one attached hydrogen (secondary N) is 2. The van der Waals surface area contributed by atoms with Crippen molar-refractivity contribution in [3.8, 4) is 0 Å². The van der Waals surface area contributed by atoms with E-state index in [0.717, 1.165) is 6.07 Å². The Morgan fingerprint density at radius 1 is 1.15 bits per heavy atom. The van der Waals surface area contributed by atoms with Gasteiger partial charge in [0.2, 0.25) is 5.91 Å². The number of rotatable bonds is 8. The van der Waals surface area contributed by atoms with Gasteiger partial charge in [-0.2, -0.15) is 13.2 Å². The molecule has 0 aliphatic carbocycles.